The molecule has 0 spiro atoms. The summed E-state index contributed by atoms with van der Waals surface area (Å²) in [5, 5.41) is 0.736. The minimum absolute atomic E-state index is 0.138. The third-order valence-electron chi connectivity index (χ3n) is 4.21. The van der Waals surface area contributed by atoms with E-state index in [0.29, 0.717) is 27.8 Å². The van der Waals surface area contributed by atoms with Crippen LogP contribution in [0.3, 0.4) is 0 Å². The molecule has 2 aromatic carbocycles. The number of esters is 1. The van der Waals surface area contributed by atoms with E-state index in [-0.39, 0.29) is 23.8 Å². The topological polar surface area (TPSA) is 46.6 Å². The monoisotopic (exact) mass is 381 g/mol. The molecule has 2 aromatic rings. The summed E-state index contributed by atoms with van der Waals surface area (Å²) >= 11 is 11.9. The fourth-order valence-electron chi connectivity index (χ4n) is 2.95. The van der Waals surface area contributed by atoms with Crippen molar-refractivity contribution in [2.75, 3.05) is 18.6 Å². The van der Waals surface area contributed by atoms with Gasteiger partial charge in [0.1, 0.15) is 5.82 Å². The molecule has 1 amide bonds. The maximum atomic E-state index is 14.7. The molecule has 0 aliphatic carbocycles. The smallest absolute Gasteiger partial charge is 0.340 e. The maximum absolute atomic E-state index is 14.7. The molecule has 4 nitrogen and oxygen atoms in total. The van der Waals surface area contributed by atoms with Gasteiger partial charge in [-0.25, -0.2) is 9.18 Å². The normalized spacial score (nSPS) is 17.0. The Hall–Kier alpha value is -2.11. The summed E-state index contributed by atoms with van der Waals surface area (Å²) in [7, 11) is 1.19. The molecule has 1 fully saturated rings. The van der Waals surface area contributed by atoms with Gasteiger partial charge >= 0.3 is 5.97 Å². The Labute approximate surface area is 154 Å². The molecule has 130 valence electrons. The number of benzene rings is 2. The quantitative estimate of drug-likeness (QED) is 0.738. The molecule has 1 atom stereocenters. The van der Waals surface area contributed by atoms with Gasteiger partial charge < -0.3 is 9.64 Å². The molecule has 1 heterocycles. The fourth-order valence-corrected chi connectivity index (χ4v) is 3.24. The first-order valence-electron chi connectivity index (χ1n) is 7.54. The zero-order chi connectivity index (χ0) is 18.1. The number of carbonyl (C=O) groups excluding carboxylic acids is 2. The van der Waals surface area contributed by atoms with Gasteiger partial charge in [0.15, 0.2) is 0 Å². The molecule has 0 N–H and O–H groups in total. The SMILES string of the molecule is COC(=O)c1cccc(C2CC(=O)N(c3ccc(Cl)c(Cl)c3)C2)c1F. The summed E-state index contributed by atoms with van der Waals surface area (Å²) < 4.78 is 19.3. The van der Waals surface area contributed by atoms with E-state index in [1.165, 1.54) is 18.1 Å². The molecule has 0 radical (unpaired) electrons. The van der Waals surface area contributed by atoms with E-state index in [9.17, 15) is 14.0 Å². The van der Waals surface area contributed by atoms with E-state index in [0.717, 1.165) is 0 Å². The molecular weight excluding hydrogens is 368 g/mol. The van der Waals surface area contributed by atoms with Crippen molar-refractivity contribution in [3.8, 4) is 0 Å². The van der Waals surface area contributed by atoms with Crippen molar-refractivity contribution in [1.82, 2.24) is 0 Å². The Balaban J connectivity index is 1.90. The highest BCUT2D eigenvalue weighted by Gasteiger charge is 2.34. The largest absolute Gasteiger partial charge is 0.465 e. The summed E-state index contributed by atoms with van der Waals surface area (Å²) in [6, 6.07) is 9.42. The number of halogens is 3. The number of rotatable bonds is 3. The molecule has 25 heavy (non-hydrogen) atoms. The summed E-state index contributed by atoms with van der Waals surface area (Å²) in [6.45, 7) is 0.290. The highest BCUT2D eigenvalue weighted by atomic mass is 35.5. The van der Waals surface area contributed by atoms with Crippen LogP contribution in [0.4, 0.5) is 10.1 Å². The van der Waals surface area contributed by atoms with E-state index in [4.69, 9.17) is 23.2 Å². The van der Waals surface area contributed by atoms with Gasteiger partial charge in [-0.15, -0.1) is 0 Å². The van der Waals surface area contributed by atoms with Crippen molar-refractivity contribution >= 4 is 40.8 Å². The number of amides is 1. The van der Waals surface area contributed by atoms with Gasteiger partial charge in [-0.05, 0) is 29.8 Å². The number of methoxy groups -OCH3 is 1. The molecule has 0 saturated carbocycles. The zero-order valence-electron chi connectivity index (χ0n) is 13.3. The maximum Gasteiger partial charge on any atom is 0.340 e. The first-order chi connectivity index (χ1) is 11.9. The molecule has 1 aliphatic heterocycles. The molecule has 0 aromatic heterocycles. The van der Waals surface area contributed by atoms with Crippen LogP contribution in [0, 0.1) is 5.82 Å². The van der Waals surface area contributed by atoms with Gasteiger partial charge in [-0.3, -0.25) is 4.79 Å². The van der Waals surface area contributed by atoms with Crippen molar-refractivity contribution in [2.24, 2.45) is 0 Å². The van der Waals surface area contributed by atoms with E-state index in [1.807, 2.05) is 0 Å². The third kappa shape index (κ3) is 3.34. The van der Waals surface area contributed by atoms with Crippen molar-refractivity contribution in [1.29, 1.82) is 0 Å². The van der Waals surface area contributed by atoms with Crippen LogP contribution in [0.5, 0.6) is 0 Å². The summed E-state index contributed by atoms with van der Waals surface area (Å²) in [6.07, 6.45) is 0.141. The second-order valence-electron chi connectivity index (χ2n) is 5.70. The first-order valence-corrected chi connectivity index (χ1v) is 8.30. The van der Waals surface area contributed by atoms with E-state index in [1.54, 1.807) is 30.3 Å². The standard InChI is InChI=1S/C18H14Cl2FNO3/c1-25-18(24)13-4-2-3-12(17(13)21)10-7-16(23)22(9-10)11-5-6-14(19)15(20)8-11/h2-6,8,10H,7,9H2,1H3. The number of anilines is 1. The average molecular weight is 382 g/mol. The Morgan fingerprint density at radius 2 is 2.00 bits per heavy atom. The lowest BCUT2D eigenvalue weighted by atomic mass is 9.95. The van der Waals surface area contributed by atoms with Crippen molar-refractivity contribution in [3.63, 3.8) is 0 Å². The molecule has 7 heteroatoms. The molecule has 1 aliphatic rings. The number of hydrogen-bond donors (Lipinski definition) is 0. The van der Waals surface area contributed by atoms with E-state index in [2.05, 4.69) is 4.74 Å². The Morgan fingerprint density at radius 1 is 1.24 bits per heavy atom. The second-order valence-corrected chi connectivity index (χ2v) is 6.52. The Kier molecular flexibility index (Phi) is 4.97. The molecular formula is C18H14Cl2FNO3. The summed E-state index contributed by atoms with van der Waals surface area (Å²) in [5.41, 5.74) is 0.783. The third-order valence-corrected chi connectivity index (χ3v) is 4.95. The molecule has 0 bridgehead atoms. The van der Waals surface area contributed by atoms with Crippen LogP contribution < -0.4 is 4.90 Å². The number of ether oxygens (including phenoxy) is 1. The van der Waals surface area contributed by atoms with Crippen LogP contribution in [0.15, 0.2) is 36.4 Å². The lowest BCUT2D eigenvalue weighted by molar-refractivity contribution is -0.117. The van der Waals surface area contributed by atoms with E-state index >= 15 is 0 Å². The van der Waals surface area contributed by atoms with Gasteiger partial charge in [-0.2, -0.15) is 0 Å². The van der Waals surface area contributed by atoms with Gasteiger partial charge in [0.2, 0.25) is 5.91 Å². The molecule has 3 rings (SSSR count). The molecule has 1 saturated heterocycles. The lowest BCUT2D eigenvalue weighted by Gasteiger charge is -2.18. The fraction of sp³-hybridized carbons (Fsp3) is 0.222. The minimum Gasteiger partial charge on any atom is -0.465 e. The predicted molar refractivity (Wildman–Crippen MR) is 93.9 cm³/mol. The number of hydrogen-bond acceptors (Lipinski definition) is 3. The van der Waals surface area contributed by atoms with Crippen molar-refractivity contribution < 1.29 is 18.7 Å². The van der Waals surface area contributed by atoms with Gasteiger partial charge in [0.05, 0.1) is 22.7 Å². The zero-order valence-corrected chi connectivity index (χ0v) is 14.8. The van der Waals surface area contributed by atoms with Gasteiger partial charge in [-0.1, -0.05) is 35.3 Å². The van der Waals surface area contributed by atoms with Crippen LogP contribution in [0.25, 0.3) is 0 Å². The summed E-state index contributed by atoms with van der Waals surface area (Å²) in [4.78, 5) is 25.6. The molecule has 1 unspecified atom stereocenters. The van der Waals surface area contributed by atoms with Crippen LogP contribution in [-0.2, 0) is 9.53 Å². The summed E-state index contributed by atoms with van der Waals surface area (Å²) in [5.74, 6) is -1.91. The van der Waals surface area contributed by atoms with E-state index < -0.39 is 11.8 Å². The number of carbonyl (C=O) groups is 2. The van der Waals surface area contributed by atoms with Gasteiger partial charge in [0.25, 0.3) is 0 Å². The average Bonchev–Trinajstić information content (AvgIpc) is 2.98. The second kappa shape index (κ2) is 7.02. The van der Waals surface area contributed by atoms with Crippen molar-refractivity contribution in [3.05, 3.63) is 63.4 Å². The number of nitrogens with zero attached hydrogens (tertiary/aromatic N) is 1. The first kappa shape index (κ1) is 17.7. The van der Waals surface area contributed by atoms with Crippen LogP contribution >= 0.6 is 23.2 Å². The van der Waals surface area contributed by atoms with Crippen LogP contribution in [0.2, 0.25) is 10.0 Å². The highest BCUT2D eigenvalue weighted by molar-refractivity contribution is 6.42. The minimum atomic E-state index is -0.745. The Morgan fingerprint density at radius 3 is 2.68 bits per heavy atom. The van der Waals surface area contributed by atoms with Crippen LogP contribution in [0.1, 0.15) is 28.3 Å². The lowest BCUT2D eigenvalue weighted by Crippen LogP contribution is -2.24. The van der Waals surface area contributed by atoms with Gasteiger partial charge in [0, 0.05) is 24.6 Å². The highest BCUT2D eigenvalue weighted by Crippen LogP contribution is 2.35. The predicted octanol–water partition coefficient (Wildman–Crippen LogP) is 4.44. The van der Waals surface area contributed by atoms with Crippen molar-refractivity contribution in [2.45, 2.75) is 12.3 Å². The van der Waals surface area contributed by atoms with Crippen LogP contribution in [-0.4, -0.2) is 25.5 Å². The Bertz CT molecular complexity index is 856.